The van der Waals surface area contributed by atoms with E-state index in [4.69, 9.17) is 5.73 Å². The predicted molar refractivity (Wildman–Crippen MR) is 78.4 cm³/mol. The maximum atomic E-state index is 13.4. The van der Waals surface area contributed by atoms with Gasteiger partial charge in [0.05, 0.1) is 4.47 Å². The Morgan fingerprint density at radius 2 is 2.28 bits per heavy atom. The first-order valence-corrected chi connectivity index (χ1v) is 6.77. The highest BCUT2D eigenvalue weighted by molar-refractivity contribution is 9.10. The molecule has 102 valence electrons. The van der Waals surface area contributed by atoms with Crippen LogP contribution in [0.2, 0.25) is 0 Å². The van der Waals surface area contributed by atoms with Gasteiger partial charge in [0, 0.05) is 19.1 Å². The molecule has 18 heavy (non-hydrogen) atoms. The van der Waals surface area contributed by atoms with Gasteiger partial charge in [-0.25, -0.2) is 4.39 Å². The van der Waals surface area contributed by atoms with Crippen molar-refractivity contribution in [3.05, 3.63) is 34.1 Å². The summed E-state index contributed by atoms with van der Waals surface area (Å²) in [5.41, 5.74) is 6.93. The normalized spacial score (nSPS) is 21.7. The molecule has 2 nitrogen and oxygen atoms in total. The molecule has 2 rings (SSSR count). The zero-order valence-corrected chi connectivity index (χ0v) is 12.8. The Hall–Kier alpha value is -0.160. The Morgan fingerprint density at radius 1 is 1.56 bits per heavy atom. The maximum Gasteiger partial charge on any atom is 0.137 e. The summed E-state index contributed by atoms with van der Waals surface area (Å²) < 4.78 is 13.9. The zero-order valence-electron chi connectivity index (χ0n) is 10.4. The lowest BCUT2D eigenvalue weighted by atomic mass is 10.0. The van der Waals surface area contributed by atoms with E-state index in [1.807, 2.05) is 6.07 Å². The standard InChI is InChI=1S/C13H18BrFN2.ClH/c1-9(16)11-4-5-17(8-11)7-10-2-3-12(14)13(15)6-10;/h2-3,6,9,11H,4-5,7-8,16H2,1H3;1H. The minimum atomic E-state index is -0.189. The molecule has 0 saturated carbocycles. The number of likely N-dealkylation sites (tertiary alicyclic amines) is 1. The molecule has 0 aliphatic carbocycles. The fourth-order valence-electron chi connectivity index (χ4n) is 2.33. The minimum Gasteiger partial charge on any atom is -0.328 e. The SMILES string of the molecule is CC(N)C1CCN(Cc2ccc(Br)c(F)c2)C1.Cl. The average Bonchev–Trinajstić information content (AvgIpc) is 2.72. The van der Waals surface area contributed by atoms with Crippen LogP contribution in [0.1, 0.15) is 18.9 Å². The van der Waals surface area contributed by atoms with Gasteiger partial charge in [-0.3, -0.25) is 4.90 Å². The molecule has 2 atom stereocenters. The summed E-state index contributed by atoms with van der Waals surface area (Å²) in [6.45, 7) is 4.96. The molecule has 0 amide bonds. The fourth-order valence-corrected chi connectivity index (χ4v) is 2.58. The lowest BCUT2D eigenvalue weighted by Gasteiger charge is -2.18. The van der Waals surface area contributed by atoms with Crippen LogP contribution in [0.15, 0.2) is 22.7 Å². The molecule has 0 spiro atoms. The molecule has 0 aromatic heterocycles. The van der Waals surface area contributed by atoms with Crippen molar-refractivity contribution in [3.63, 3.8) is 0 Å². The van der Waals surface area contributed by atoms with E-state index >= 15 is 0 Å². The summed E-state index contributed by atoms with van der Waals surface area (Å²) in [6, 6.07) is 5.58. The number of nitrogens with zero attached hydrogens (tertiary/aromatic N) is 1. The largest absolute Gasteiger partial charge is 0.328 e. The number of rotatable bonds is 3. The first-order chi connectivity index (χ1) is 8.06. The van der Waals surface area contributed by atoms with E-state index in [9.17, 15) is 4.39 Å². The summed E-state index contributed by atoms with van der Waals surface area (Å²) in [6.07, 6.45) is 1.15. The van der Waals surface area contributed by atoms with Crippen molar-refractivity contribution in [2.45, 2.75) is 25.9 Å². The number of hydrogen-bond acceptors (Lipinski definition) is 2. The van der Waals surface area contributed by atoms with Gasteiger partial charge < -0.3 is 5.73 Å². The summed E-state index contributed by atoms with van der Waals surface area (Å²) in [5.74, 6) is 0.390. The highest BCUT2D eigenvalue weighted by Gasteiger charge is 2.24. The van der Waals surface area contributed by atoms with Gasteiger partial charge in [-0.2, -0.15) is 0 Å². The number of nitrogens with two attached hydrogens (primary N) is 1. The van der Waals surface area contributed by atoms with Gasteiger partial charge in [0.1, 0.15) is 5.82 Å². The fraction of sp³-hybridized carbons (Fsp3) is 0.538. The second kappa shape index (κ2) is 6.85. The molecule has 1 heterocycles. The van der Waals surface area contributed by atoms with Crippen molar-refractivity contribution in [2.75, 3.05) is 13.1 Å². The first-order valence-electron chi connectivity index (χ1n) is 5.98. The lowest BCUT2D eigenvalue weighted by Crippen LogP contribution is -2.29. The number of hydrogen-bond donors (Lipinski definition) is 1. The Labute approximate surface area is 122 Å². The second-order valence-electron chi connectivity index (χ2n) is 4.89. The maximum absolute atomic E-state index is 13.4. The summed E-state index contributed by atoms with van der Waals surface area (Å²) in [4.78, 5) is 2.34. The minimum absolute atomic E-state index is 0. The van der Waals surface area contributed by atoms with E-state index in [0.29, 0.717) is 10.4 Å². The topological polar surface area (TPSA) is 29.3 Å². The van der Waals surface area contributed by atoms with Gasteiger partial charge in [0.25, 0.3) is 0 Å². The van der Waals surface area contributed by atoms with Crippen LogP contribution < -0.4 is 5.73 Å². The number of halogens is 3. The van der Waals surface area contributed by atoms with Gasteiger partial charge in [0.2, 0.25) is 0 Å². The molecule has 2 N–H and O–H groups in total. The van der Waals surface area contributed by atoms with Gasteiger partial charge in [-0.05, 0) is 59.4 Å². The molecule has 1 aliphatic rings. The van der Waals surface area contributed by atoms with E-state index in [-0.39, 0.29) is 24.3 Å². The second-order valence-corrected chi connectivity index (χ2v) is 5.75. The van der Waals surface area contributed by atoms with Crippen molar-refractivity contribution in [3.8, 4) is 0 Å². The van der Waals surface area contributed by atoms with Crippen LogP contribution in [0.3, 0.4) is 0 Å². The molecule has 1 saturated heterocycles. The van der Waals surface area contributed by atoms with Crippen molar-refractivity contribution >= 4 is 28.3 Å². The third-order valence-corrected chi connectivity index (χ3v) is 4.09. The molecule has 1 fully saturated rings. The summed E-state index contributed by atoms with van der Waals surface area (Å²) >= 11 is 3.17. The molecular formula is C13H19BrClFN2. The highest BCUT2D eigenvalue weighted by atomic mass is 79.9. The molecule has 0 radical (unpaired) electrons. The molecule has 1 aromatic rings. The molecule has 2 unspecified atom stereocenters. The summed E-state index contributed by atoms with van der Waals surface area (Å²) in [7, 11) is 0. The van der Waals surface area contributed by atoms with Gasteiger partial charge in [-0.15, -0.1) is 12.4 Å². The van der Waals surface area contributed by atoms with Crippen molar-refractivity contribution in [1.29, 1.82) is 0 Å². The predicted octanol–water partition coefficient (Wildman–Crippen LogP) is 3.18. The average molecular weight is 338 g/mol. The molecule has 1 aromatic carbocycles. The third-order valence-electron chi connectivity index (χ3n) is 3.44. The zero-order chi connectivity index (χ0) is 12.4. The Morgan fingerprint density at radius 3 is 2.83 bits per heavy atom. The molecule has 1 aliphatic heterocycles. The monoisotopic (exact) mass is 336 g/mol. The van der Waals surface area contributed by atoms with Crippen molar-refractivity contribution < 1.29 is 4.39 Å². The van der Waals surface area contributed by atoms with Crippen molar-refractivity contribution in [2.24, 2.45) is 11.7 Å². The van der Waals surface area contributed by atoms with Crippen LogP contribution in [0, 0.1) is 11.7 Å². The van der Waals surface area contributed by atoms with Gasteiger partial charge in [0.15, 0.2) is 0 Å². The van der Waals surface area contributed by atoms with Crippen LogP contribution in [0.5, 0.6) is 0 Å². The van der Waals surface area contributed by atoms with E-state index in [1.54, 1.807) is 12.1 Å². The Bertz CT molecular complexity index is 401. The van der Waals surface area contributed by atoms with Crippen LogP contribution >= 0.6 is 28.3 Å². The van der Waals surface area contributed by atoms with Gasteiger partial charge in [-0.1, -0.05) is 6.07 Å². The quantitative estimate of drug-likeness (QED) is 0.918. The van der Waals surface area contributed by atoms with Crippen LogP contribution in [-0.4, -0.2) is 24.0 Å². The van der Waals surface area contributed by atoms with Gasteiger partial charge >= 0.3 is 0 Å². The Kier molecular flexibility index (Phi) is 6.05. The van der Waals surface area contributed by atoms with Crippen LogP contribution in [0.25, 0.3) is 0 Å². The smallest absolute Gasteiger partial charge is 0.137 e. The van der Waals surface area contributed by atoms with Crippen LogP contribution in [0.4, 0.5) is 4.39 Å². The van der Waals surface area contributed by atoms with E-state index in [0.717, 1.165) is 31.6 Å². The molecule has 0 bridgehead atoms. The van der Waals surface area contributed by atoms with E-state index in [2.05, 4.69) is 27.8 Å². The van der Waals surface area contributed by atoms with E-state index < -0.39 is 0 Å². The number of benzene rings is 1. The molecule has 5 heteroatoms. The van der Waals surface area contributed by atoms with Crippen LogP contribution in [-0.2, 0) is 6.54 Å². The molecular weight excluding hydrogens is 319 g/mol. The van der Waals surface area contributed by atoms with E-state index in [1.165, 1.54) is 0 Å². The third kappa shape index (κ3) is 3.92. The summed E-state index contributed by atoms with van der Waals surface area (Å²) in [5, 5.41) is 0. The first kappa shape index (κ1) is 15.9. The lowest BCUT2D eigenvalue weighted by molar-refractivity contribution is 0.308. The van der Waals surface area contributed by atoms with Crippen molar-refractivity contribution in [1.82, 2.24) is 4.90 Å². The Balaban J connectivity index is 0.00000162. The highest BCUT2D eigenvalue weighted by Crippen LogP contribution is 2.22.